The maximum absolute atomic E-state index is 13.5. The van der Waals surface area contributed by atoms with Crippen molar-refractivity contribution < 1.29 is 14.3 Å². The van der Waals surface area contributed by atoms with Crippen molar-refractivity contribution in [3.63, 3.8) is 0 Å². The van der Waals surface area contributed by atoms with Crippen molar-refractivity contribution in [2.75, 3.05) is 6.61 Å². The van der Waals surface area contributed by atoms with E-state index in [0.717, 1.165) is 37.0 Å². The van der Waals surface area contributed by atoms with Crippen LogP contribution in [0.15, 0.2) is 78.9 Å². The van der Waals surface area contributed by atoms with Gasteiger partial charge in [-0.15, -0.1) is 0 Å². The summed E-state index contributed by atoms with van der Waals surface area (Å²) in [6.07, 6.45) is 6.15. The summed E-state index contributed by atoms with van der Waals surface area (Å²) in [7, 11) is 0. The zero-order valence-corrected chi connectivity index (χ0v) is 21.0. The summed E-state index contributed by atoms with van der Waals surface area (Å²) in [4.78, 5) is 15.5. The molecule has 184 valence electrons. The van der Waals surface area contributed by atoms with E-state index in [1.165, 1.54) is 27.8 Å². The van der Waals surface area contributed by atoms with Crippen LogP contribution >= 0.6 is 0 Å². The van der Waals surface area contributed by atoms with E-state index in [1.54, 1.807) is 0 Å². The molecule has 0 aromatic heterocycles. The normalized spacial score (nSPS) is 20.5. The largest absolute Gasteiger partial charge is 0.490 e. The highest BCUT2D eigenvalue weighted by atomic mass is 16.6. The molecule has 0 saturated carbocycles. The van der Waals surface area contributed by atoms with Gasteiger partial charge in [-0.25, -0.2) is 4.79 Å². The molecule has 1 saturated heterocycles. The van der Waals surface area contributed by atoms with E-state index >= 15 is 0 Å². The van der Waals surface area contributed by atoms with E-state index in [1.807, 2.05) is 17.0 Å². The Hall–Kier alpha value is -3.53. The van der Waals surface area contributed by atoms with Crippen LogP contribution in [0.1, 0.15) is 62.1 Å². The quantitative estimate of drug-likeness (QED) is 0.382. The van der Waals surface area contributed by atoms with Gasteiger partial charge in [-0.1, -0.05) is 72.8 Å². The number of piperidine rings is 1. The van der Waals surface area contributed by atoms with Crippen LogP contribution < -0.4 is 4.74 Å². The van der Waals surface area contributed by atoms with Crippen LogP contribution in [0.3, 0.4) is 0 Å². The average Bonchev–Trinajstić information content (AvgIpc) is 3.20. The number of hydrogen-bond donors (Lipinski definition) is 0. The first-order valence-electron chi connectivity index (χ1n) is 13.2. The van der Waals surface area contributed by atoms with Crippen LogP contribution in [0.5, 0.6) is 5.75 Å². The van der Waals surface area contributed by atoms with E-state index in [4.69, 9.17) is 9.47 Å². The number of hydrogen-bond acceptors (Lipinski definition) is 3. The fourth-order valence-electron chi connectivity index (χ4n) is 6.27. The van der Waals surface area contributed by atoms with Gasteiger partial charge < -0.3 is 9.47 Å². The average molecular weight is 480 g/mol. The Kier molecular flexibility index (Phi) is 6.04. The Morgan fingerprint density at radius 2 is 1.53 bits per heavy atom. The van der Waals surface area contributed by atoms with Crippen molar-refractivity contribution in [3.05, 3.63) is 95.6 Å². The van der Waals surface area contributed by atoms with Gasteiger partial charge in [0.1, 0.15) is 12.4 Å². The number of ether oxygens (including phenoxy) is 2. The third kappa shape index (κ3) is 4.09. The highest BCUT2D eigenvalue weighted by molar-refractivity contribution is 5.80. The van der Waals surface area contributed by atoms with E-state index < -0.39 is 0 Å². The summed E-state index contributed by atoms with van der Waals surface area (Å²) >= 11 is 0. The van der Waals surface area contributed by atoms with E-state index in [2.05, 4.69) is 80.6 Å². The Bertz CT molecular complexity index is 1260. The lowest BCUT2D eigenvalue weighted by atomic mass is 9.83. The van der Waals surface area contributed by atoms with Crippen molar-refractivity contribution in [1.29, 1.82) is 0 Å². The molecule has 2 heterocycles. The maximum atomic E-state index is 13.5. The number of nitrogens with zero attached hydrogens (tertiary/aromatic N) is 1. The van der Waals surface area contributed by atoms with E-state index in [9.17, 15) is 4.79 Å². The zero-order valence-electron chi connectivity index (χ0n) is 21.0. The van der Waals surface area contributed by atoms with Gasteiger partial charge in [0, 0.05) is 17.5 Å². The second-order valence-electron chi connectivity index (χ2n) is 10.4. The first-order valence-corrected chi connectivity index (χ1v) is 13.2. The minimum atomic E-state index is -0.187. The van der Waals surface area contributed by atoms with E-state index in [-0.39, 0.29) is 30.2 Å². The molecule has 4 heteroatoms. The third-order valence-corrected chi connectivity index (χ3v) is 7.78. The Morgan fingerprint density at radius 1 is 0.889 bits per heavy atom. The van der Waals surface area contributed by atoms with Gasteiger partial charge in [-0.2, -0.15) is 0 Å². The molecule has 4 nitrogen and oxygen atoms in total. The fourth-order valence-corrected chi connectivity index (χ4v) is 6.27. The fraction of sp³-hybridized carbons (Fsp3) is 0.344. The Balaban J connectivity index is 1.22. The lowest BCUT2D eigenvalue weighted by Gasteiger charge is -2.44. The summed E-state index contributed by atoms with van der Waals surface area (Å²) in [6.45, 7) is 4.48. The molecule has 2 atom stereocenters. The first-order chi connectivity index (χ1) is 17.6. The minimum absolute atomic E-state index is 0.0651. The molecule has 3 aliphatic rings. The standard InChI is InChI=1S/C32H33NO3/c1-21(2)36-31-17-8-7-12-25(31)22-18-23-10-9-11-24(19-22)33(23)32(34)35-20-30-28-15-5-3-13-26(28)27-14-4-6-16-29(27)30/h3-8,12-18,21,23-24,30H,9-11,19-20H2,1-2H3. The van der Waals surface area contributed by atoms with Gasteiger partial charge in [0.15, 0.2) is 0 Å². The van der Waals surface area contributed by atoms with Crippen LogP contribution in [0.4, 0.5) is 4.79 Å². The number of carbonyl (C=O) groups excluding carboxylic acids is 1. The van der Waals surface area contributed by atoms with Crippen molar-refractivity contribution in [1.82, 2.24) is 4.90 Å². The van der Waals surface area contributed by atoms with Gasteiger partial charge in [-0.05, 0) is 73.4 Å². The monoisotopic (exact) mass is 479 g/mol. The summed E-state index contributed by atoms with van der Waals surface area (Å²) in [5, 5.41) is 0. The van der Waals surface area contributed by atoms with Gasteiger partial charge >= 0.3 is 6.09 Å². The number of carbonyl (C=O) groups is 1. The molecule has 1 aliphatic carbocycles. The van der Waals surface area contributed by atoms with Crippen molar-refractivity contribution in [3.8, 4) is 16.9 Å². The summed E-state index contributed by atoms with van der Waals surface area (Å²) < 4.78 is 12.2. The van der Waals surface area contributed by atoms with Gasteiger partial charge in [-0.3, -0.25) is 4.90 Å². The minimum Gasteiger partial charge on any atom is -0.490 e. The molecule has 0 radical (unpaired) electrons. The number of para-hydroxylation sites is 1. The van der Waals surface area contributed by atoms with Gasteiger partial charge in [0.2, 0.25) is 0 Å². The molecule has 3 aromatic rings. The van der Waals surface area contributed by atoms with Gasteiger partial charge in [0.05, 0.1) is 12.1 Å². The lowest BCUT2D eigenvalue weighted by molar-refractivity contribution is 0.0538. The molecule has 0 spiro atoms. The Labute approximate surface area is 213 Å². The van der Waals surface area contributed by atoms with Crippen LogP contribution in [0.2, 0.25) is 0 Å². The number of amides is 1. The van der Waals surface area contributed by atoms with Crippen LogP contribution in [0, 0.1) is 0 Å². The molecule has 2 unspecified atom stereocenters. The summed E-state index contributed by atoms with van der Waals surface area (Å²) in [5.74, 6) is 1.00. The molecule has 1 fully saturated rings. The second kappa shape index (κ2) is 9.50. The Morgan fingerprint density at radius 3 is 2.19 bits per heavy atom. The smallest absolute Gasteiger partial charge is 0.410 e. The number of benzene rings is 3. The predicted molar refractivity (Wildman–Crippen MR) is 143 cm³/mol. The van der Waals surface area contributed by atoms with Crippen LogP contribution in [0.25, 0.3) is 16.7 Å². The lowest BCUT2D eigenvalue weighted by Crippen LogP contribution is -2.51. The molecule has 3 aromatic carbocycles. The van der Waals surface area contributed by atoms with Crippen molar-refractivity contribution in [2.45, 2.75) is 63.6 Å². The van der Waals surface area contributed by atoms with Gasteiger partial charge in [0.25, 0.3) is 0 Å². The highest BCUT2D eigenvalue weighted by Crippen LogP contribution is 2.45. The first kappa shape index (κ1) is 22.9. The van der Waals surface area contributed by atoms with Crippen LogP contribution in [-0.4, -0.2) is 35.8 Å². The van der Waals surface area contributed by atoms with Crippen molar-refractivity contribution in [2.24, 2.45) is 0 Å². The molecular weight excluding hydrogens is 446 g/mol. The zero-order chi connectivity index (χ0) is 24.6. The molecule has 2 bridgehead atoms. The third-order valence-electron chi connectivity index (χ3n) is 7.78. The maximum Gasteiger partial charge on any atom is 0.410 e. The highest BCUT2D eigenvalue weighted by Gasteiger charge is 2.39. The molecule has 36 heavy (non-hydrogen) atoms. The molecule has 1 amide bonds. The van der Waals surface area contributed by atoms with Crippen molar-refractivity contribution >= 4 is 11.7 Å². The molecule has 2 aliphatic heterocycles. The molecule has 0 N–H and O–H groups in total. The molecule has 6 rings (SSSR count). The topological polar surface area (TPSA) is 38.8 Å². The SMILES string of the molecule is CC(C)Oc1ccccc1C1=CC2CCCC(C1)N2C(=O)OCC1c2ccccc2-c2ccccc21. The number of fused-ring (bicyclic) bond motifs is 5. The predicted octanol–water partition coefficient (Wildman–Crippen LogP) is 7.43. The van der Waals surface area contributed by atoms with Crippen LogP contribution in [-0.2, 0) is 4.74 Å². The number of rotatable bonds is 5. The summed E-state index contributed by atoms with van der Waals surface area (Å²) in [6, 6.07) is 25.4. The second-order valence-corrected chi connectivity index (χ2v) is 10.4. The van der Waals surface area contributed by atoms with E-state index in [0.29, 0.717) is 6.61 Å². The summed E-state index contributed by atoms with van der Waals surface area (Å²) in [5.41, 5.74) is 7.42. The molecular formula is C32H33NO3.